The SMILES string of the molecule is CC(NCC(C)(C)CN(C)C)C(=O)OC(C)(C)C. The largest absolute Gasteiger partial charge is 0.459 e. The fourth-order valence-corrected chi connectivity index (χ4v) is 1.81. The summed E-state index contributed by atoms with van der Waals surface area (Å²) in [7, 11) is 4.11. The molecule has 1 unspecified atom stereocenters. The first kappa shape index (κ1) is 17.4. The van der Waals surface area contributed by atoms with Crippen LogP contribution in [0.5, 0.6) is 0 Å². The van der Waals surface area contributed by atoms with Gasteiger partial charge in [-0.05, 0) is 47.2 Å². The molecule has 1 N–H and O–H groups in total. The van der Waals surface area contributed by atoms with Gasteiger partial charge in [0, 0.05) is 13.1 Å². The lowest BCUT2D eigenvalue weighted by Gasteiger charge is -2.30. The molecule has 0 saturated carbocycles. The molecular formula is C14H30N2O2. The highest BCUT2D eigenvalue weighted by atomic mass is 16.6. The van der Waals surface area contributed by atoms with Crippen LogP contribution in [0.1, 0.15) is 41.5 Å². The Morgan fingerprint density at radius 3 is 2.11 bits per heavy atom. The standard InChI is InChI=1S/C14H30N2O2/c1-11(12(17)18-13(2,3)4)15-9-14(5,6)10-16(7)8/h11,15H,9-10H2,1-8H3. The van der Waals surface area contributed by atoms with Crippen molar-refractivity contribution in [1.29, 1.82) is 0 Å². The molecule has 0 heterocycles. The average molecular weight is 258 g/mol. The first-order valence-electron chi connectivity index (χ1n) is 6.54. The topological polar surface area (TPSA) is 41.6 Å². The van der Waals surface area contributed by atoms with Crippen molar-refractivity contribution in [2.75, 3.05) is 27.2 Å². The Kier molecular flexibility index (Phi) is 6.30. The van der Waals surface area contributed by atoms with Crippen molar-refractivity contribution in [3.8, 4) is 0 Å². The van der Waals surface area contributed by atoms with E-state index in [-0.39, 0.29) is 17.4 Å². The molecule has 0 aromatic heterocycles. The number of carbonyl (C=O) groups is 1. The minimum atomic E-state index is -0.424. The lowest BCUT2D eigenvalue weighted by Crippen LogP contribution is -2.45. The molecule has 108 valence electrons. The van der Waals surface area contributed by atoms with Crippen molar-refractivity contribution >= 4 is 5.97 Å². The molecule has 0 bridgehead atoms. The third-order valence-corrected chi connectivity index (χ3v) is 2.39. The Morgan fingerprint density at radius 1 is 1.22 bits per heavy atom. The second kappa shape index (κ2) is 6.53. The van der Waals surface area contributed by atoms with Gasteiger partial charge in [0.1, 0.15) is 11.6 Å². The number of hydrogen-bond donors (Lipinski definition) is 1. The van der Waals surface area contributed by atoms with E-state index in [1.165, 1.54) is 0 Å². The molecule has 1 atom stereocenters. The number of ether oxygens (including phenoxy) is 1. The molecular weight excluding hydrogens is 228 g/mol. The quantitative estimate of drug-likeness (QED) is 0.739. The summed E-state index contributed by atoms with van der Waals surface area (Å²) in [6, 6.07) is -0.273. The molecule has 4 heteroatoms. The molecule has 0 amide bonds. The van der Waals surface area contributed by atoms with Crippen LogP contribution in [0.3, 0.4) is 0 Å². The van der Waals surface area contributed by atoms with Crippen LogP contribution >= 0.6 is 0 Å². The summed E-state index contributed by atoms with van der Waals surface area (Å²) in [4.78, 5) is 14.0. The maximum Gasteiger partial charge on any atom is 0.323 e. The Bertz CT molecular complexity index is 267. The fourth-order valence-electron chi connectivity index (χ4n) is 1.81. The van der Waals surface area contributed by atoms with Gasteiger partial charge in [-0.25, -0.2) is 0 Å². The number of nitrogens with zero attached hydrogens (tertiary/aromatic N) is 1. The van der Waals surface area contributed by atoms with Gasteiger partial charge in [0.15, 0.2) is 0 Å². The van der Waals surface area contributed by atoms with Crippen LogP contribution in [0.4, 0.5) is 0 Å². The summed E-state index contributed by atoms with van der Waals surface area (Å²) in [5.74, 6) is -0.192. The van der Waals surface area contributed by atoms with Crippen LogP contribution in [0.2, 0.25) is 0 Å². The van der Waals surface area contributed by atoms with Gasteiger partial charge in [0.2, 0.25) is 0 Å². The van der Waals surface area contributed by atoms with Crippen molar-refractivity contribution in [3.63, 3.8) is 0 Å². The van der Waals surface area contributed by atoms with E-state index in [4.69, 9.17) is 4.74 Å². The van der Waals surface area contributed by atoms with E-state index in [0.29, 0.717) is 0 Å². The van der Waals surface area contributed by atoms with Gasteiger partial charge in [-0.15, -0.1) is 0 Å². The predicted molar refractivity (Wildman–Crippen MR) is 75.6 cm³/mol. The molecule has 0 spiro atoms. The molecule has 4 nitrogen and oxygen atoms in total. The normalized spacial score (nSPS) is 14.7. The number of esters is 1. The molecule has 0 aliphatic carbocycles. The van der Waals surface area contributed by atoms with E-state index >= 15 is 0 Å². The zero-order valence-corrected chi connectivity index (χ0v) is 13.3. The molecule has 0 aromatic carbocycles. The van der Waals surface area contributed by atoms with Crippen molar-refractivity contribution in [2.24, 2.45) is 5.41 Å². The Labute approximate surface area is 112 Å². The lowest BCUT2D eigenvalue weighted by atomic mass is 9.92. The van der Waals surface area contributed by atoms with Crippen LogP contribution in [0, 0.1) is 5.41 Å². The first-order chi connectivity index (χ1) is 7.93. The highest BCUT2D eigenvalue weighted by Gasteiger charge is 2.24. The predicted octanol–water partition coefficient (Wildman–Crippen LogP) is 1.89. The van der Waals surface area contributed by atoms with Gasteiger partial charge < -0.3 is 15.0 Å². The highest BCUT2D eigenvalue weighted by Crippen LogP contribution is 2.15. The van der Waals surface area contributed by atoms with E-state index in [0.717, 1.165) is 13.1 Å². The number of hydrogen-bond acceptors (Lipinski definition) is 4. The molecule has 0 fully saturated rings. The summed E-state index contributed by atoms with van der Waals surface area (Å²) in [6.45, 7) is 13.6. The second-order valence-corrected chi connectivity index (χ2v) is 7.04. The van der Waals surface area contributed by atoms with E-state index in [1.807, 2.05) is 27.7 Å². The Balaban J connectivity index is 4.17. The third-order valence-electron chi connectivity index (χ3n) is 2.39. The van der Waals surface area contributed by atoms with Crippen LogP contribution in [-0.4, -0.2) is 49.7 Å². The Hall–Kier alpha value is -0.610. The third kappa shape index (κ3) is 8.48. The molecule has 18 heavy (non-hydrogen) atoms. The molecule has 0 aromatic rings. The number of carbonyl (C=O) groups excluding carboxylic acids is 1. The van der Waals surface area contributed by atoms with Gasteiger partial charge >= 0.3 is 5.97 Å². The number of rotatable bonds is 6. The van der Waals surface area contributed by atoms with Gasteiger partial charge in [0.25, 0.3) is 0 Å². The summed E-state index contributed by atoms with van der Waals surface area (Å²) < 4.78 is 5.33. The van der Waals surface area contributed by atoms with E-state index < -0.39 is 5.60 Å². The van der Waals surface area contributed by atoms with Gasteiger partial charge in [-0.2, -0.15) is 0 Å². The van der Waals surface area contributed by atoms with E-state index in [2.05, 4.69) is 38.2 Å². The zero-order chi connectivity index (χ0) is 14.6. The van der Waals surface area contributed by atoms with Gasteiger partial charge in [-0.1, -0.05) is 13.8 Å². The van der Waals surface area contributed by atoms with E-state index in [9.17, 15) is 4.79 Å². The smallest absolute Gasteiger partial charge is 0.323 e. The fraction of sp³-hybridized carbons (Fsp3) is 0.929. The molecule has 0 aliphatic heterocycles. The maximum absolute atomic E-state index is 11.8. The highest BCUT2D eigenvalue weighted by molar-refractivity contribution is 5.75. The molecule has 0 radical (unpaired) electrons. The van der Waals surface area contributed by atoms with E-state index in [1.54, 1.807) is 0 Å². The van der Waals surface area contributed by atoms with Crippen molar-refractivity contribution in [3.05, 3.63) is 0 Å². The monoisotopic (exact) mass is 258 g/mol. The molecule has 0 rings (SSSR count). The minimum Gasteiger partial charge on any atom is -0.459 e. The lowest BCUT2D eigenvalue weighted by molar-refractivity contribution is -0.157. The summed E-state index contributed by atoms with van der Waals surface area (Å²) in [5, 5.41) is 3.25. The van der Waals surface area contributed by atoms with Crippen LogP contribution in [0.15, 0.2) is 0 Å². The maximum atomic E-state index is 11.8. The average Bonchev–Trinajstić information content (AvgIpc) is 2.09. The van der Waals surface area contributed by atoms with Gasteiger partial charge in [0.05, 0.1) is 0 Å². The zero-order valence-electron chi connectivity index (χ0n) is 13.3. The van der Waals surface area contributed by atoms with Crippen LogP contribution in [-0.2, 0) is 9.53 Å². The second-order valence-electron chi connectivity index (χ2n) is 7.04. The van der Waals surface area contributed by atoms with Crippen molar-refractivity contribution in [1.82, 2.24) is 10.2 Å². The van der Waals surface area contributed by atoms with Crippen LogP contribution < -0.4 is 5.32 Å². The van der Waals surface area contributed by atoms with Crippen molar-refractivity contribution in [2.45, 2.75) is 53.2 Å². The molecule has 0 aliphatic rings. The van der Waals surface area contributed by atoms with Crippen molar-refractivity contribution < 1.29 is 9.53 Å². The first-order valence-corrected chi connectivity index (χ1v) is 6.54. The van der Waals surface area contributed by atoms with Gasteiger partial charge in [-0.3, -0.25) is 4.79 Å². The summed E-state index contributed by atoms with van der Waals surface area (Å²) in [5.41, 5.74) is -0.300. The molecule has 0 saturated heterocycles. The van der Waals surface area contributed by atoms with Crippen LogP contribution in [0.25, 0.3) is 0 Å². The number of nitrogens with one attached hydrogen (secondary N) is 1. The summed E-state index contributed by atoms with van der Waals surface area (Å²) in [6.07, 6.45) is 0. The summed E-state index contributed by atoms with van der Waals surface area (Å²) >= 11 is 0. The minimum absolute atomic E-state index is 0.125. The Morgan fingerprint density at radius 2 is 1.72 bits per heavy atom.